The van der Waals surface area contributed by atoms with Crippen LogP contribution < -0.4 is 4.74 Å². The van der Waals surface area contributed by atoms with Gasteiger partial charge in [-0.1, -0.05) is 6.07 Å². The molecule has 1 heterocycles. The molecular weight excluding hydrogens is 509 g/mol. The molecule has 0 aliphatic heterocycles. The molecule has 0 spiro atoms. The summed E-state index contributed by atoms with van der Waals surface area (Å²) < 4.78 is 18.9. The van der Waals surface area contributed by atoms with E-state index in [1.165, 1.54) is 24.4 Å². The zero-order chi connectivity index (χ0) is 13.8. The molecular formula is C12H10BrFIrN3O2-. The summed E-state index contributed by atoms with van der Waals surface area (Å²) >= 11 is 3.13. The third kappa shape index (κ3) is 4.21. The SMILES string of the molecule is [Ir].[NH-]c1ncc(Br)nc1OCc1cc(F)ccc1CO. The quantitative estimate of drug-likeness (QED) is 0.674. The predicted octanol–water partition coefficient (Wildman–Crippen LogP) is 3.13. The molecule has 2 rings (SSSR count). The Morgan fingerprint density at radius 3 is 2.80 bits per heavy atom. The number of hydrogen-bond acceptors (Lipinski definition) is 4. The first kappa shape index (κ1) is 17.0. The number of aromatic nitrogens is 2. The van der Waals surface area contributed by atoms with Crippen LogP contribution in [0.1, 0.15) is 11.1 Å². The first-order valence-electron chi connectivity index (χ1n) is 5.35. The molecule has 20 heavy (non-hydrogen) atoms. The van der Waals surface area contributed by atoms with Gasteiger partial charge in [-0.25, -0.2) is 9.37 Å². The molecule has 5 nitrogen and oxygen atoms in total. The molecule has 1 aromatic heterocycles. The van der Waals surface area contributed by atoms with Crippen molar-refractivity contribution in [2.75, 3.05) is 0 Å². The molecule has 109 valence electrons. The topological polar surface area (TPSA) is 79.0 Å². The van der Waals surface area contributed by atoms with Crippen molar-refractivity contribution in [2.24, 2.45) is 0 Å². The summed E-state index contributed by atoms with van der Waals surface area (Å²) in [4.78, 5) is 7.71. The Labute approximate surface area is 136 Å². The van der Waals surface area contributed by atoms with Gasteiger partial charge in [-0.15, -0.1) is 0 Å². The number of aliphatic hydroxyl groups excluding tert-OH is 1. The average Bonchev–Trinajstić information content (AvgIpc) is 2.40. The number of halogens is 2. The molecule has 1 aromatic carbocycles. The number of benzene rings is 1. The minimum atomic E-state index is -0.415. The van der Waals surface area contributed by atoms with Gasteiger partial charge >= 0.3 is 0 Å². The molecule has 0 fully saturated rings. The fourth-order valence-corrected chi connectivity index (χ4v) is 1.75. The van der Waals surface area contributed by atoms with E-state index in [-0.39, 0.29) is 45.0 Å². The number of hydrogen-bond donors (Lipinski definition) is 1. The minimum absolute atomic E-state index is 0. The van der Waals surface area contributed by atoms with Crippen LogP contribution in [-0.4, -0.2) is 15.1 Å². The summed E-state index contributed by atoms with van der Waals surface area (Å²) in [5.74, 6) is -0.477. The fraction of sp³-hybridized carbons (Fsp3) is 0.167. The second kappa shape index (κ2) is 7.64. The number of aliphatic hydroxyl groups is 1. The fourth-order valence-electron chi connectivity index (χ4n) is 1.48. The number of ether oxygens (including phenoxy) is 1. The third-order valence-corrected chi connectivity index (χ3v) is 2.80. The van der Waals surface area contributed by atoms with E-state index in [0.29, 0.717) is 15.7 Å². The number of nitrogens with zero attached hydrogens (tertiary/aromatic N) is 2. The molecule has 0 aliphatic carbocycles. The molecule has 0 saturated heterocycles. The van der Waals surface area contributed by atoms with E-state index in [2.05, 4.69) is 25.9 Å². The summed E-state index contributed by atoms with van der Waals surface area (Å²) in [6, 6.07) is 4.03. The van der Waals surface area contributed by atoms with Crippen LogP contribution in [0.25, 0.3) is 5.73 Å². The van der Waals surface area contributed by atoms with Gasteiger partial charge < -0.3 is 20.6 Å². The molecule has 1 radical (unpaired) electrons. The van der Waals surface area contributed by atoms with E-state index in [4.69, 9.17) is 15.6 Å². The second-order valence-corrected chi connectivity index (χ2v) is 4.52. The third-order valence-electron chi connectivity index (χ3n) is 2.41. The summed E-state index contributed by atoms with van der Waals surface area (Å²) in [5, 5.41) is 9.15. The second-order valence-electron chi connectivity index (χ2n) is 3.71. The Bertz CT molecular complexity index is 601. The van der Waals surface area contributed by atoms with E-state index in [9.17, 15) is 4.39 Å². The van der Waals surface area contributed by atoms with Gasteiger partial charge in [0.15, 0.2) is 0 Å². The molecule has 2 aromatic rings. The van der Waals surface area contributed by atoms with Crippen molar-refractivity contribution in [3.05, 3.63) is 51.7 Å². The van der Waals surface area contributed by atoms with Crippen molar-refractivity contribution in [3.8, 4) is 5.88 Å². The van der Waals surface area contributed by atoms with Crippen molar-refractivity contribution in [1.82, 2.24) is 9.97 Å². The van der Waals surface area contributed by atoms with Crippen molar-refractivity contribution >= 4 is 21.7 Å². The van der Waals surface area contributed by atoms with E-state index in [1.54, 1.807) is 0 Å². The molecule has 0 aliphatic rings. The molecule has 0 atom stereocenters. The Kier molecular flexibility index (Phi) is 6.48. The maximum Gasteiger partial charge on any atom is 0.213 e. The van der Waals surface area contributed by atoms with Crippen molar-refractivity contribution < 1.29 is 34.3 Å². The van der Waals surface area contributed by atoms with Gasteiger partial charge in [-0.05, 0) is 51.2 Å². The number of nitrogens with one attached hydrogen (secondary N) is 1. The smallest absolute Gasteiger partial charge is 0.213 e. The van der Waals surface area contributed by atoms with Crippen LogP contribution in [0.15, 0.2) is 29.0 Å². The van der Waals surface area contributed by atoms with E-state index < -0.39 is 5.82 Å². The van der Waals surface area contributed by atoms with Gasteiger partial charge in [0.1, 0.15) is 17.0 Å². The largest absolute Gasteiger partial charge is 0.478 e. The van der Waals surface area contributed by atoms with Crippen LogP contribution in [-0.2, 0) is 33.3 Å². The van der Waals surface area contributed by atoms with E-state index >= 15 is 0 Å². The molecule has 0 bridgehead atoms. The maximum absolute atomic E-state index is 13.1. The summed E-state index contributed by atoms with van der Waals surface area (Å²) in [5.41, 5.74) is 8.60. The van der Waals surface area contributed by atoms with Crippen molar-refractivity contribution in [3.63, 3.8) is 0 Å². The summed E-state index contributed by atoms with van der Waals surface area (Å²) in [7, 11) is 0. The van der Waals surface area contributed by atoms with Gasteiger partial charge in [-0.2, -0.15) is 0 Å². The van der Waals surface area contributed by atoms with Crippen LogP contribution in [0.4, 0.5) is 10.2 Å². The van der Waals surface area contributed by atoms with Gasteiger partial charge in [0.05, 0.1) is 6.61 Å². The van der Waals surface area contributed by atoms with Gasteiger partial charge in [0.2, 0.25) is 5.88 Å². The first-order chi connectivity index (χ1) is 9.10. The van der Waals surface area contributed by atoms with Gasteiger partial charge in [0.25, 0.3) is 0 Å². The van der Waals surface area contributed by atoms with Gasteiger partial charge in [0, 0.05) is 20.1 Å². The maximum atomic E-state index is 13.1. The molecule has 0 amide bonds. The van der Waals surface area contributed by atoms with Gasteiger partial charge in [-0.3, -0.25) is 0 Å². The number of rotatable bonds is 4. The molecule has 2 N–H and O–H groups in total. The Morgan fingerprint density at radius 2 is 2.10 bits per heavy atom. The van der Waals surface area contributed by atoms with Crippen LogP contribution in [0.2, 0.25) is 0 Å². The summed E-state index contributed by atoms with van der Waals surface area (Å²) in [6.07, 6.45) is 1.39. The monoisotopic (exact) mass is 519 g/mol. The van der Waals surface area contributed by atoms with Crippen LogP contribution in [0.3, 0.4) is 0 Å². The van der Waals surface area contributed by atoms with E-state index in [1.807, 2.05) is 0 Å². The Balaban J connectivity index is 0.00000200. The van der Waals surface area contributed by atoms with Crippen molar-refractivity contribution in [1.29, 1.82) is 0 Å². The molecule has 0 saturated carbocycles. The molecule has 0 unspecified atom stereocenters. The van der Waals surface area contributed by atoms with Crippen LogP contribution in [0.5, 0.6) is 5.88 Å². The molecule has 8 heteroatoms. The first-order valence-corrected chi connectivity index (χ1v) is 6.14. The summed E-state index contributed by atoms with van der Waals surface area (Å²) in [6.45, 7) is -0.207. The zero-order valence-electron chi connectivity index (χ0n) is 10.1. The van der Waals surface area contributed by atoms with Crippen LogP contribution in [0, 0.1) is 5.82 Å². The van der Waals surface area contributed by atoms with Crippen LogP contribution >= 0.6 is 15.9 Å². The zero-order valence-corrected chi connectivity index (χ0v) is 14.0. The average molecular weight is 519 g/mol. The van der Waals surface area contributed by atoms with E-state index in [0.717, 1.165) is 0 Å². The normalized spacial score (nSPS) is 9.95. The Hall–Kier alpha value is -1.08. The standard InChI is InChI=1S/C12H10BrFN3O2.Ir/c13-10-4-16-11(15)12(17-10)19-6-8-3-9(14)2-1-7(8)5-18;/h1-4,18H,5-6H2,(H-,15,16);/q-1;. The minimum Gasteiger partial charge on any atom is -0.478 e. The van der Waals surface area contributed by atoms with Crippen molar-refractivity contribution in [2.45, 2.75) is 13.2 Å². The predicted molar refractivity (Wildman–Crippen MR) is 70.4 cm³/mol. The Morgan fingerprint density at radius 1 is 1.35 bits per heavy atom.